The molecule has 4 heteroatoms. The van der Waals surface area contributed by atoms with Crippen LogP contribution in [0.15, 0.2) is 89.7 Å². The summed E-state index contributed by atoms with van der Waals surface area (Å²) >= 11 is 0. The second-order valence-electron chi connectivity index (χ2n) is 7.66. The third-order valence-corrected chi connectivity index (χ3v) is 6.22. The van der Waals surface area contributed by atoms with E-state index in [0.717, 1.165) is 55.3 Å². The minimum atomic E-state index is -0.222. The molecule has 0 aliphatic carbocycles. The lowest BCUT2D eigenvalue weighted by atomic mass is 9.50. The van der Waals surface area contributed by atoms with Crippen molar-refractivity contribution < 1.29 is 4.65 Å². The van der Waals surface area contributed by atoms with E-state index >= 15 is 0 Å². The Morgan fingerprint density at radius 3 is 2.48 bits per heavy atom. The van der Waals surface area contributed by atoms with Crippen LogP contribution in [0.25, 0.3) is 38.6 Å². The third-order valence-electron chi connectivity index (χ3n) is 6.22. The Labute approximate surface area is 166 Å². The van der Waals surface area contributed by atoms with Gasteiger partial charge in [0, 0.05) is 27.5 Å². The Morgan fingerprint density at radius 2 is 1.52 bits per heavy atom. The quantitative estimate of drug-likeness (QED) is 0.308. The highest BCUT2D eigenvalue weighted by molar-refractivity contribution is 6.85. The number of aromatic nitrogens is 1. The van der Waals surface area contributed by atoms with Gasteiger partial charge in [-0.3, -0.25) is 4.79 Å². The van der Waals surface area contributed by atoms with Crippen molar-refractivity contribution in [1.82, 2.24) is 4.57 Å². The van der Waals surface area contributed by atoms with Crippen molar-refractivity contribution in [3.8, 4) is 22.6 Å². The first kappa shape index (κ1) is 15.2. The topological polar surface area (TPSA) is 31.2 Å². The molecular formula is C25H14BNO2. The van der Waals surface area contributed by atoms with Gasteiger partial charge in [-0.1, -0.05) is 54.6 Å². The number of pyridine rings is 1. The van der Waals surface area contributed by atoms with Crippen LogP contribution in [0.2, 0.25) is 0 Å². The molecule has 0 spiro atoms. The molecule has 3 nitrogen and oxygen atoms in total. The normalized spacial score (nSPS) is 13.2. The highest BCUT2D eigenvalue weighted by atomic mass is 16.4. The van der Waals surface area contributed by atoms with Crippen molar-refractivity contribution in [2.45, 2.75) is 0 Å². The molecule has 0 amide bonds. The Hall–Kier alpha value is -3.79. The van der Waals surface area contributed by atoms with Crippen LogP contribution in [0.5, 0.6) is 5.75 Å². The number of hydrogen-bond acceptors (Lipinski definition) is 2. The average Bonchev–Trinajstić information content (AvgIpc) is 2.79. The maximum absolute atomic E-state index is 13.4. The number of nitrogens with zero attached hydrogens (tertiary/aromatic N) is 1. The van der Waals surface area contributed by atoms with Crippen LogP contribution < -0.4 is 21.0 Å². The predicted molar refractivity (Wildman–Crippen MR) is 118 cm³/mol. The number of para-hydroxylation sites is 3. The molecule has 0 fully saturated rings. The lowest BCUT2D eigenvalue weighted by Crippen LogP contribution is -2.55. The van der Waals surface area contributed by atoms with E-state index in [1.807, 2.05) is 54.6 Å². The molecule has 1 aromatic heterocycles. The van der Waals surface area contributed by atoms with Gasteiger partial charge in [-0.2, -0.15) is 0 Å². The number of fused-ring (bicyclic) bond motifs is 7. The molecule has 0 saturated carbocycles. The summed E-state index contributed by atoms with van der Waals surface area (Å²) < 4.78 is 8.77. The highest BCUT2D eigenvalue weighted by Gasteiger charge is 2.40. The van der Waals surface area contributed by atoms with Gasteiger partial charge in [-0.25, -0.2) is 0 Å². The fourth-order valence-corrected chi connectivity index (χ4v) is 5.02. The Balaban J connectivity index is 1.80. The van der Waals surface area contributed by atoms with Gasteiger partial charge in [-0.15, -0.1) is 0 Å². The highest BCUT2D eigenvalue weighted by Crippen LogP contribution is 2.37. The summed E-state index contributed by atoms with van der Waals surface area (Å²) in [6.45, 7) is -0.222. The Bertz CT molecular complexity index is 1570. The van der Waals surface area contributed by atoms with E-state index in [9.17, 15) is 4.79 Å². The van der Waals surface area contributed by atoms with Crippen LogP contribution in [-0.4, -0.2) is 11.5 Å². The monoisotopic (exact) mass is 371 g/mol. The summed E-state index contributed by atoms with van der Waals surface area (Å²) in [4.78, 5) is 13.4. The van der Waals surface area contributed by atoms with Gasteiger partial charge >= 0.3 is 6.92 Å². The van der Waals surface area contributed by atoms with Crippen LogP contribution in [0, 0.1) is 0 Å². The predicted octanol–water partition coefficient (Wildman–Crippen LogP) is 3.62. The molecule has 0 N–H and O–H groups in total. The molecule has 2 aliphatic rings. The van der Waals surface area contributed by atoms with E-state index < -0.39 is 0 Å². The summed E-state index contributed by atoms with van der Waals surface area (Å²) in [6, 6.07) is 28.4. The molecule has 4 aromatic carbocycles. The van der Waals surface area contributed by atoms with E-state index in [1.54, 1.807) is 0 Å². The zero-order chi connectivity index (χ0) is 19.1. The van der Waals surface area contributed by atoms with E-state index in [0.29, 0.717) is 0 Å². The van der Waals surface area contributed by atoms with Gasteiger partial charge in [0.1, 0.15) is 5.75 Å². The summed E-state index contributed by atoms with van der Waals surface area (Å²) in [5.41, 5.74) is 7.47. The largest absolute Gasteiger partial charge is 0.551 e. The smallest absolute Gasteiger partial charge is 0.431 e. The molecular weight excluding hydrogens is 357 g/mol. The lowest BCUT2D eigenvalue weighted by Gasteiger charge is -2.34. The zero-order valence-corrected chi connectivity index (χ0v) is 15.4. The van der Waals surface area contributed by atoms with Gasteiger partial charge in [0.25, 0.3) is 0 Å². The number of hydrogen-bond donors (Lipinski definition) is 0. The fourth-order valence-electron chi connectivity index (χ4n) is 5.02. The molecule has 134 valence electrons. The second-order valence-corrected chi connectivity index (χ2v) is 7.66. The van der Waals surface area contributed by atoms with Gasteiger partial charge in [-0.05, 0) is 41.4 Å². The van der Waals surface area contributed by atoms with Gasteiger partial charge < -0.3 is 9.22 Å². The van der Waals surface area contributed by atoms with E-state index in [1.165, 1.54) is 0 Å². The summed E-state index contributed by atoms with van der Waals surface area (Å²) in [7, 11) is 0. The van der Waals surface area contributed by atoms with Gasteiger partial charge in [0.15, 0.2) is 5.43 Å². The second kappa shape index (κ2) is 5.18. The summed E-state index contributed by atoms with van der Waals surface area (Å²) in [5, 5.41) is 1.48. The first-order valence-corrected chi connectivity index (χ1v) is 9.78. The van der Waals surface area contributed by atoms with Gasteiger partial charge in [0.2, 0.25) is 0 Å². The van der Waals surface area contributed by atoms with E-state index in [4.69, 9.17) is 4.65 Å². The first-order chi connectivity index (χ1) is 14.3. The van der Waals surface area contributed by atoms with E-state index in [2.05, 4.69) is 34.9 Å². The van der Waals surface area contributed by atoms with Crippen molar-refractivity contribution >= 4 is 39.6 Å². The van der Waals surface area contributed by atoms with E-state index in [-0.39, 0.29) is 12.3 Å². The molecule has 29 heavy (non-hydrogen) atoms. The minimum Gasteiger partial charge on any atom is -0.551 e. The van der Waals surface area contributed by atoms with Crippen LogP contribution >= 0.6 is 0 Å². The Morgan fingerprint density at radius 1 is 0.724 bits per heavy atom. The molecule has 5 aromatic rings. The van der Waals surface area contributed by atoms with Crippen LogP contribution in [0.4, 0.5) is 0 Å². The Kier molecular flexibility index (Phi) is 2.71. The maximum Gasteiger partial charge on any atom is 0.431 e. The first-order valence-electron chi connectivity index (χ1n) is 9.78. The van der Waals surface area contributed by atoms with Crippen LogP contribution in [-0.2, 0) is 0 Å². The SMILES string of the molecule is O=c1c2ccccc2n2c3c4c(ccc13)-c1ccccc1OB4c1ccccc1-2. The minimum absolute atomic E-state index is 0.0756. The number of rotatable bonds is 0. The average molecular weight is 371 g/mol. The fraction of sp³-hybridized carbons (Fsp3) is 0. The zero-order valence-electron chi connectivity index (χ0n) is 15.4. The third kappa shape index (κ3) is 1.77. The van der Waals surface area contributed by atoms with Gasteiger partial charge in [0.05, 0.1) is 11.0 Å². The molecule has 2 aliphatic heterocycles. The van der Waals surface area contributed by atoms with Crippen molar-refractivity contribution in [3.05, 3.63) is 95.2 Å². The van der Waals surface area contributed by atoms with Crippen molar-refractivity contribution in [2.24, 2.45) is 0 Å². The van der Waals surface area contributed by atoms with Crippen molar-refractivity contribution in [3.63, 3.8) is 0 Å². The molecule has 0 unspecified atom stereocenters. The molecule has 0 atom stereocenters. The standard InChI is InChI=1S/C25H14BNO2/c28-25-17-8-1-4-10-20(17)27-21-11-5-3-9-19(21)26-23-16(13-14-18(25)24(23)27)15-7-2-6-12-22(15)29-26/h1-14H. The molecule has 0 bridgehead atoms. The molecule has 3 heterocycles. The molecule has 0 saturated heterocycles. The summed E-state index contributed by atoms with van der Waals surface area (Å²) in [5.74, 6) is 0.885. The van der Waals surface area contributed by atoms with Crippen molar-refractivity contribution in [1.29, 1.82) is 0 Å². The van der Waals surface area contributed by atoms with Crippen LogP contribution in [0.1, 0.15) is 0 Å². The van der Waals surface area contributed by atoms with Crippen LogP contribution in [0.3, 0.4) is 0 Å². The summed E-state index contributed by atoms with van der Waals surface area (Å²) in [6.07, 6.45) is 0. The molecule has 7 rings (SSSR count). The molecule has 0 radical (unpaired) electrons. The van der Waals surface area contributed by atoms with Crippen molar-refractivity contribution in [2.75, 3.05) is 0 Å². The lowest BCUT2D eigenvalue weighted by molar-refractivity contribution is 0.590. The maximum atomic E-state index is 13.4. The number of benzene rings is 4.